The topological polar surface area (TPSA) is 162 Å². The Morgan fingerprint density at radius 3 is 2.42 bits per heavy atom. The average molecular weight is 434 g/mol. The molecule has 10 heteroatoms. The van der Waals surface area contributed by atoms with Crippen molar-refractivity contribution in [3.05, 3.63) is 29.8 Å². The monoisotopic (exact) mass is 434 g/mol. The Morgan fingerprint density at radius 2 is 1.84 bits per heavy atom. The molecule has 1 saturated heterocycles. The molecule has 0 spiro atoms. The molecule has 0 aliphatic carbocycles. The smallest absolute Gasteiger partial charge is 0.326 e. The molecule has 0 saturated carbocycles. The second kappa shape index (κ2) is 10.8. The number of phenolic OH excluding ortho intramolecular Hbond substituents is 1. The van der Waals surface area contributed by atoms with Gasteiger partial charge in [-0.2, -0.15) is 0 Å². The molecular formula is C21H30N4O6. The summed E-state index contributed by atoms with van der Waals surface area (Å²) < 4.78 is 0. The van der Waals surface area contributed by atoms with E-state index in [1.165, 1.54) is 17.0 Å². The van der Waals surface area contributed by atoms with Crippen molar-refractivity contribution in [1.82, 2.24) is 15.5 Å². The number of aliphatic carboxylic acids is 1. The van der Waals surface area contributed by atoms with Crippen LogP contribution < -0.4 is 16.4 Å². The van der Waals surface area contributed by atoms with E-state index in [4.69, 9.17) is 5.73 Å². The van der Waals surface area contributed by atoms with Gasteiger partial charge in [0.1, 0.15) is 17.8 Å². The first-order chi connectivity index (χ1) is 14.6. The van der Waals surface area contributed by atoms with Crippen LogP contribution in [0.1, 0.15) is 32.3 Å². The summed E-state index contributed by atoms with van der Waals surface area (Å²) in [5.41, 5.74) is 6.43. The normalized spacial score (nSPS) is 17.8. The van der Waals surface area contributed by atoms with Crippen molar-refractivity contribution in [3.8, 4) is 5.75 Å². The van der Waals surface area contributed by atoms with E-state index in [1.807, 2.05) is 0 Å². The van der Waals surface area contributed by atoms with Crippen LogP contribution >= 0.6 is 0 Å². The summed E-state index contributed by atoms with van der Waals surface area (Å²) in [4.78, 5) is 50.3. The van der Waals surface area contributed by atoms with Gasteiger partial charge >= 0.3 is 5.97 Å². The van der Waals surface area contributed by atoms with Crippen LogP contribution in [-0.2, 0) is 25.6 Å². The summed E-state index contributed by atoms with van der Waals surface area (Å²) in [7, 11) is 0. The first-order valence-corrected chi connectivity index (χ1v) is 10.2. The summed E-state index contributed by atoms with van der Waals surface area (Å²) in [6.07, 6.45) is 1.02. The summed E-state index contributed by atoms with van der Waals surface area (Å²) in [6, 6.07) is 3.43. The van der Waals surface area contributed by atoms with E-state index in [0.717, 1.165) is 0 Å². The number of hydrogen-bond donors (Lipinski definition) is 5. The number of nitrogens with zero attached hydrogens (tertiary/aromatic N) is 1. The van der Waals surface area contributed by atoms with Gasteiger partial charge in [-0.1, -0.05) is 26.0 Å². The van der Waals surface area contributed by atoms with E-state index in [0.29, 0.717) is 18.4 Å². The number of aromatic hydroxyl groups is 1. The van der Waals surface area contributed by atoms with Crippen LogP contribution in [-0.4, -0.2) is 70.0 Å². The zero-order chi connectivity index (χ0) is 23.1. The quantitative estimate of drug-likeness (QED) is 0.353. The van der Waals surface area contributed by atoms with E-state index >= 15 is 0 Å². The molecule has 1 aromatic rings. The van der Waals surface area contributed by atoms with Crippen molar-refractivity contribution in [1.29, 1.82) is 0 Å². The molecule has 3 amide bonds. The summed E-state index contributed by atoms with van der Waals surface area (Å²) in [5, 5.41) is 23.9. The van der Waals surface area contributed by atoms with E-state index in [9.17, 15) is 29.4 Å². The van der Waals surface area contributed by atoms with Gasteiger partial charge in [0.25, 0.3) is 0 Å². The van der Waals surface area contributed by atoms with Crippen molar-refractivity contribution >= 4 is 23.7 Å². The van der Waals surface area contributed by atoms with Gasteiger partial charge in [0.05, 0.1) is 12.6 Å². The maximum Gasteiger partial charge on any atom is 0.326 e. The van der Waals surface area contributed by atoms with Gasteiger partial charge in [0, 0.05) is 13.0 Å². The minimum absolute atomic E-state index is 0.0605. The standard InChI is InChI=1S/C21H30N4O6/c1-12(2)18(22)19(28)23-11-17(27)24-15(10-13-5-7-14(26)8-6-13)20(29)25-9-3-4-16(25)21(30)31/h5-8,12,15-16,18,26H,3-4,9-11,22H2,1-2H3,(H,23,28)(H,24,27)(H,30,31). The third-order valence-corrected chi connectivity index (χ3v) is 5.27. The second-order valence-corrected chi connectivity index (χ2v) is 8.01. The number of carbonyl (C=O) groups is 4. The van der Waals surface area contributed by atoms with E-state index < -0.39 is 41.8 Å². The number of benzene rings is 1. The van der Waals surface area contributed by atoms with Gasteiger partial charge in [-0.15, -0.1) is 0 Å². The fourth-order valence-corrected chi connectivity index (χ4v) is 3.39. The van der Waals surface area contributed by atoms with Crippen LogP contribution in [0.3, 0.4) is 0 Å². The summed E-state index contributed by atoms with van der Waals surface area (Å²) >= 11 is 0. The maximum atomic E-state index is 13.1. The van der Waals surface area contributed by atoms with Gasteiger partial charge in [-0.3, -0.25) is 14.4 Å². The second-order valence-electron chi connectivity index (χ2n) is 8.01. The van der Waals surface area contributed by atoms with E-state index in [2.05, 4.69) is 10.6 Å². The SMILES string of the molecule is CC(C)C(N)C(=O)NCC(=O)NC(Cc1ccc(O)cc1)C(=O)N1CCCC1C(=O)O. The first kappa shape index (κ1) is 24.1. The molecule has 0 bridgehead atoms. The highest BCUT2D eigenvalue weighted by Gasteiger charge is 2.37. The van der Waals surface area contributed by atoms with Gasteiger partial charge in [0.15, 0.2) is 0 Å². The number of carboxylic acid groups (broad SMARTS) is 1. The van der Waals surface area contributed by atoms with Crippen LogP contribution in [0.15, 0.2) is 24.3 Å². The molecule has 1 aliphatic heterocycles. The molecule has 170 valence electrons. The van der Waals surface area contributed by atoms with Crippen LogP contribution in [0, 0.1) is 5.92 Å². The molecule has 0 radical (unpaired) electrons. The number of carbonyl (C=O) groups excluding carboxylic acids is 3. The molecule has 3 unspecified atom stereocenters. The highest BCUT2D eigenvalue weighted by Crippen LogP contribution is 2.20. The van der Waals surface area contributed by atoms with Crippen molar-refractivity contribution in [2.45, 2.75) is 51.2 Å². The van der Waals surface area contributed by atoms with Crippen molar-refractivity contribution in [3.63, 3.8) is 0 Å². The van der Waals surface area contributed by atoms with Crippen molar-refractivity contribution in [2.75, 3.05) is 13.1 Å². The Bertz CT molecular complexity index is 811. The predicted molar refractivity (Wildman–Crippen MR) is 112 cm³/mol. The predicted octanol–water partition coefficient (Wildman–Crippen LogP) is -0.405. The Labute approximate surface area is 180 Å². The van der Waals surface area contributed by atoms with Gasteiger partial charge in [0.2, 0.25) is 17.7 Å². The highest BCUT2D eigenvalue weighted by molar-refractivity contribution is 5.93. The first-order valence-electron chi connectivity index (χ1n) is 10.2. The van der Waals surface area contributed by atoms with Gasteiger partial charge < -0.3 is 31.5 Å². The zero-order valence-electron chi connectivity index (χ0n) is 17.7. The number of rotatable bonds is 9. The zero-order valence-corrected chi connectivity index (χ0v) is 17.7. The van der Waals surface area contributed by atoms with Crippen molar-refractivity contribution < 1.29 is 29.4 Å². The molecule has 1 aromatic carbocycles. The molecule has 3 atom stereocenters. The number of likely N-dealkylation sites (tertiary alicyclic amines) is 1. The van der Waals surface area contributed by atoms with Crippen LogP contribution in [0.4, 0.5) is 0 Å². The highest BCUT2D eigenvalue weighted by atomic mass is 16.4. The molecule has 6 N–H and O–H groups in total. The fraction of sp³-hybridized carbons (Fsp3) is 0.524. The molecular weight excluding hydrogens is 404 g/mol. The maximum absolute atomic E-state index is 13.1. The largest absolute Gasteiger partial charge is 0.508 e. The lowest BCUT2D eigenvalue weighted by molar-refractivity contribution is -0.149. The number of hydrogen-bond acceptors (Lipinski definition) is 6. The number of nitrogens with two attached hydrogens (primary N) is 1. The van der Waals surface area contributed by atoms with E-state index in [1.54, 1.807) is 26.0 Å². The van der Waals surface area contributed by atoms with Crippen LogP contribution in [0.5, 0.6) is 5.75 Å². The molecule has 2 rings (SSSR count). The Balaban J connectivity index is 2.10. The van der Waals surface area contributed by atoms with Gasteiger partial charge in [-0.25, -0.2) is 4.79 Å². The molecule has 31 heavy (non-hydrogen) atoms. The van der Waals surface area contributed by atoms with Crippen LogP contribution in [0.2, 0.25) is 0 Å². The number of phenols is 1. The number of nitrogens with one attached hydrogen (secondary N) is 2. The van der Waals surface area contributed by atoms with Crippen molar-refractivity contribution in [2.24, 2.45) is 11.7 Å². The summed E-state index contributed by atoms with van der Waals surface area (Å²) in [6.45, 7) is 3.50. The number of amides is 3. The Hall–Kier alpha value is -3.14. The summed E-state index contributed by atoms with van der Waals surface area (Å²) in [5.74, 6) is -2.70. The third kappa shape index (κ3) is 6.68. The fourth-order valence-electron chi connectivity index (χ4n) is 3.39. The van der Waals surface area contributed by atoms with Crippen LogP contribution in [0.25, 0.3) is 0 Å². The minimum atomic E-state index is -1.09. The lowest BCUT2D eigenvalue weighted by Crippen LogP contribution is -2.54. The molecule has 1 aliphatic rings. The molecule has 1 fully saturated rings. The third-order valence-electron chi connectivity index (χ3n) is 5.27. The molecule has 0 aromatic heterocycles. The minimum Gasteiger partial charge on any atom is -0.508 e. The van der Waals surface area contributed by atoms with Gasteiger partial charge in [-0.05, 0) is 36.5 Å². The lowest BCUT2D eigenvalue weighted by atomic mass is 10.0. The average Bonchev–Trinajstić information content (AvgIpc) is 3.22. The Kier molecular flexibility index (Phi) is 8.38. The lowest BCUT2D eigenvalue weighted by Gasteiger charge is -2.27. The Morgan fingerprint density at radius 1 is 1.19 bits per heavy atom. The molecule has 10 nitrogen and oxygen atoms in total. The van der Waals surface area contributed by atoms with E-state index in [-0.39, 0.29) is 31.2 Å². The molecule has 1 heterocycles. The number of carboxylic acids is 1.